The predicted molar refractivity (Wildman–Crippen MR) is 119 cm³/mol. The van der Waals surface area contributed by atoms with Gasteiger partial charge in [0.1, 0.15) is 0 Å². The Kier molecular flexibility index (Phi) is 6.07. The number of amides is 1. The van der Waals surface area contributed by atoms with E-state index < -0.39 is 20.9 Å². The highest BCUT2D eigenvalue weighted by Gasteiger charge is 2.21. The van der Waals surface area contributed by atoms with Crippen LogP contribution < -0.4 is 10.0 Å². The van der Waals surface area contributed by atoms with E-state index in [2.05, 4.69) is 10.0 Å². The topological polar surface area (TPSA) is 118 Å². The van der Waals surface area contributed by atoms with E-state index in [0.717, 1.165) is 11.6 Å². The van der Waals surface area contributed by atoms with Crippen LogP contribution >= 0.6 is 0 Å². The van der Waals surface area contributed by atoms with Gasteiger partial charge in [0.25, 0.3) is 21.6 Å². The molecule has 160 valence electrons. The molecule has 0 heterocycles. The zero-order chi connectivity index (χ0) is 22.8. The lowest BCUT2D eigenvalue weighted by atomic mass is 10.1. The van der Waals surface area contributed by atoms with Crippen molar-refractivity contribution >= 4 is 33.0 Å². The van der Waals surface area contributed by atoms with Crippen LogP contribution in [0.2, 0.25) is 0 Å². The second-order valence-electron chi connectivity index (χ2n) is 7.11. The molecule has 0 aliphatic heterocycles. The van der Waals surface area contributed by atoms with Gasteiger partial charge in [-0.3, -0.25) is 19.6 Å². The van der Waals surface area contributed by atoms with Gasteiger partial charge in [-0.2, -0.15) is 0 Å². The molecular weight excluding hydrogens is 418 g/mol. The van der Waals surface area contributed by atoms with Gasteiger partial charge in [-0.05, 0) is 55.7 Å². The summed E-state index contributed by atoms with van der Waals surface area (Å²) in [6.07, 6.45) is 0. The van der Waals surface area contributed by atoms with Crippen LogP contribution in [0.4, 0.5) is 17.1 Å². The van der Waals surface area contributed by atoms with E-state index in [9.17, 15) is 23.3 Å². The summed E-state index contributed by atoms with van der Waals surface area (Å²) in [4.78, 5) is 23.0. The number of nitro benzene ring substituents is 1. The van der Waals surface area contributed by atoms with Crippen LogP contribution in [0.15, 0.2) is 65.6 Å². The minimum absolute atomic E-state index is 0.0872. The van der Waals surface area contributed by atoms with E-state index >= 15 is 0 Å². The molecule has 0 unspecified atom stereocenters. The lowest BCUT2D eigenvalue weighted by Gasteiger charge is -2.14. The summed E-state index contributed by atoms with van der Waals surface area (Å²) >= 11 is 0. The Balaban J connectivity index is 1.94. The summed E-state index contributed by atoms with van der Waals surface area (Å²) in [6, 6.07) is 15.6. The third-order valence-corrected chi connectivity index (χ3v) is 6.32. The Labute approximate surface area is 180 Å². The Morgan fingerprint density at radius 1 is 0.871 bits per heavy atom. The van der Waals surface area contributed by atoms with Gasteiger partial charge in [0.15, 0.2) is 0 Å². The minimum atomic E-state index is -4.10. The van der Waals surface area contributed by atoms with Crippen molar-refractivity contribution in [3.8, 4) is 0 Å². The predicted octanol–water partition coefficient (Wildman–Crippen LogP) is 4.57. The van der Waals surface area contributed by atoms with Crippen molar-refractivity contribution in [2.45, 2.75) is 25.7 Å². The van der Waals surface area contributed by atoms with Crippen molar-refractivity contribution in [3.63, 3.8) is 0 Å². The van der Waals surface area contributed by atoms with Gasteiger partial charge in [-0.1, -0.05) is 30.3 Å². The highest BCUT2D eigenvalue weighted by molar-refractivity contribution is 7.92. The Morgan fingerprint density at radius 3 is 2.19 bits per heavy atom. The molecule has 0 fully saturated rings. The van der Waals surface area contributed by atoms with Gasteiger partial charge in [0.2, 0.25) is 0 Å². The monoisotopic (exact) mass is 439 g/mol. The molecule has 1 amide bonds. The second kappa shape index (κ2) is 8.57. The molecule has 0 saturated heterocycles. The number of benzene rings is 3. The molecule has 0 bridgehead atoms. The number of nitrogens with zero attached hydrogens (tertiary/aromatic N) is 1. The molecule has 3 aromatic carbocycles. The van der Waals surface area contributed by atoms with Crippen LogP contribution in [0, 0.1) is 30.9 Å². The van der Waals surface area contributed by atoms with Gasteiger partial charge in [0.05, 0.1) is 15.5 Å². The zero-order valence-electron chi connectivity index (χ0n) is 17.2. The van der Waals surface area contributed by atoms with E-state index in [1.807, 2.05) is 19.1 Å². The largest absolute Gasteiger partial charge is 0.322 e. The number of anilines is 2. The number of sulfonamides is 1. The number of rotatable bonds is 6. The number of hydrogen-bond acceptors (Lipinski definition) is 5. The standard InChI is InChI=1S/C22H21N3O5S/c1-14-6-4-5-7-19(14)23-22(26)17-10-8-16(3)21(12-17)31(29,30)24-20-13-18(25(27)28)11-9-15(20)2/h4-13,24H,1-3H3,(H,23,26). The number of carbonyl (C=O) groups is 1. The van der Waals surface area contributed by atoms with Crippen molar-refractivity contribution in [3.05, 3.63) is 93.0 Å². The fraction of sp³-hybridized carbons (Fsp3) is 0.136. The van der Waals surface area contributed by atoms with Gasteiger partial charge >= 0.3 is 0 Å². The number of hydrogen-bond donors (Lipinski definition) is 2. The maximum atomic E-state index is 13.0. The van der Waals surface area contributed by atoms with E-state index in [-0.39, 0.29) is 21.8 Å². The van der Waals surface area contributed by atoms with Crippen LogP contribution in [0.3, 0.4) is 0 Å². The molecule has 2 N–H and O–H groups in total. The highest BCUT2D eigenvalue weighted by Crippen LogP contribution is 2.26. The molecule has 31 heavy (non-hydrogen) atoms. The lowest BCUT2D eigenvalue weighted by Crippen LogP contribution is -2.18. The molecule has 0 atom stereocenters. The Bertz CT molecular complexity index is 1290. The molecule has 9 heteroatoms. The van der Waals surface area contributed by atoms with Gasteiger partial charge < -0.3 is 5.32 Å². The summed E-state index contributed by atoms with van der Waals surface area (Å²) < 4.78 is 28.5. The Hall–Kier alpha value is -3.72. The van der Waals surface area contributed by atoms with Gasteiger partial charge in [0, 0.05) is 23.4 Å². The number of aryl methyl sites for hydroxylation is 3. The van der Waals surface area contributed by atoms with Crippen molar-refractivity contribution in [1.29, 1.82) is 0 Å². The van der Waals surface area contributed by atoms with Crippen molar-refractivity contribution in [2.24, 2.45) is 0 Å². The smallest absolute Gasteiger partial charge is 0.271 e. The summed E-state index contributed by atoms with van der Waals surface area (Å²) in [5.41, 5.74) is 2.50. The molecule has 0 aliphatic rings. The third-order valence-electron chi connectivity index (χ3n) is 4.81. The van der Waals surface area contributed by atoms with Crippen LogP contribution in [-0.2, 0) is 10.0 Å². The molecule has 0 saturated carbocycles. The van der Waals surface area contributed by atoms with Crippen LogP contribution in [0.25, 0.3) is 0 Å². The average Bonchev–Trinajstić information content (AvgIpc) is 2.71. The van der Waals surface area contributed by atoms with E-state index in [1.165, 1.54) is 18.2 Å². The van der Waals surface area contributed by atoms with E-state index in [4.69, 9.17) is 0 Å². The first-order chi connectivity index (χ1) is 14.6. The lowest BCUT2D eigenvalue weighted by molar-refractivity contribution is -0.384. The number of non-ortho nitro benzene ring substituents is 1. The number of nitro groups is 1. The third kappa shape index (κ3) is 4.89. The zero-order valence-corrected chi connectivity index (χ0v) is 18.0. The quantitative estimate of drug-likeness (QED) is 0.431. The van der Waals surface area contributed by atoms with Gasteiger partial charge in [-0.15, -0.1) is 0 Å². The molecule has 0 aliphatic carbocycles. The SMILES string of the molecule is Cc1ccccc1NC(=O)c1ccc(C)c(S(=O)(=O)Nc2cc([N+](=O)[O-])ccc2C)c1. The fourth-order valence-electron chi connectivity index (χ4n) is 2.97. The summed E-state index contributed by atoms with van der Waals surface area (Å²) in [5.74, 6) is -0.447. The van der Waals surface area contributed by atoms with Crippen LogP contribution in [0.1, 0.15) is 27.0 Å². The molecule has 3 rings (SSSR count). The average molecular weight is 439 g/mol. The van der Waals surface area contributed by atoms with Crippen LogP contribution in [-0.4, -0.2) is 19.2 Å². The Morgan fingerprint density at radius 2 is 1.52 bits per heavy atom. The van der Waals surface area contributed by atoms with E-state index in [0.29, 0.717) is 16.8 Å². The first kappa shape index (κ1) is 22.0. The van der Waals surface area contributed by atoms with Crippen molar-refractivity contribution < 1.29 is 18.1 Å². The van der Waals surface area contributed by atoms with E-state index in [1.54, 1.807) is 38.1 Å². The maximum absolute atomic E-state index is 13.0. The number of carbonyl (C=O) groups excluding carboxylic acids is 1. The molecule has 0 aromatic heterocycles. The summed E-state index contributed by atoms with van der Waals surface area (Å²) in [5, 5.41) is 13.8. The molecule has 0 radical (unpaired) electrons. The molecule has 0 spiro atoms. The minimum Gasteiger partial charge on any atom is -0.322 e. The second-order valence-corrected chi connectivity index (χ2v) is 8.76. The summed E-state index contributed by atoms with van der Waals surface area (Å²) in [7, 11) is -4.10. The number of nitrogens with one attached hydrogen (secondary N) is 2. The molecular formula is C22H21N3O5S. The first-order valence-corrected chi connectivity index (χ1v) is 10.8. The highest BCUT2D eigenvalue weighted by atomic mass is 32.2. The normalized spacial score (nSPS) is 11.1. The molecule has 3 aromatic rings. The summed E-state index contributed by atoms with van der Waals surface area (Å²) in [6.45, 7) is 5.10. The maximum Gasteiger partial charge on any atom is 0.271 e. The van der Waals surface area contributed by atoms with Crippen molar-refractivity contribution in [1.82, 2.24) is 0 Å². The molecule has 8 nitrogen and oxygen atoms in total. The van der Waals surface area contributed by atoms with Gasteiger partial charge in [-0.25, -0.2) is 8.42 Å². The van der Waals surface area contributed by atoms with Crippen LogP contribution in [0.5, 0.6) is 0 Å². The first-order valence-electron chi connectivity index (χ1n) is 9.34. The van der Waals surface area contributed by atoms with Crippen molar-refractivity contribution in [2.75, 3.05) is 10.0 Å². The fourth-order valence-corrected chi connectivity index (χ4v) is 4.37. The number of para-hydroxylation sites is 1.